The molecule has 2 rings (SSSR count). The lowest BCUT2D eigenvalue weighted by Gasteiger charge is -2.38. The number of nitrogens with zero attached hydrogens (tertiary/aromatic N) is 1. The Balaban J connectivity index is 2.05. The lowest BCUT2D eigenvalue weighted by Crippen LogP contribution is -2.47. The van der Waals surface area contributed by atoms with E-state index in [2.05, 4.69) is 18.7 Å². The number of carbonyl (C=O) groups is 1. The van der Waals surface area contributed by atoms with Crippen molar-refractivity contribution in [2.24, 2.45) is 17.8 Å². The van der Waals surface area contributed by atoms with Gasteiger partial charge < -0.3 is 10.0 Å². The molecular weight excluding hydrogens is 238 g/mol. The van der Waals surface area contributed by atoms with Gasteiger partial charge in [0, 0.05) is 24.4 Å². The van der Waals surface area contributed by atoms with Crippen molar-refractivity contribution in [1.82, 2.24) is 4.90 Å². The van der Waals surface area contributed by atoms with Gasteiger partial charge in [-0.05, 0) is 31.6 Å². The van der Waals surface area contributed by atoms with Crippen LogP contribution in [0.25, 0.3) is 0 Å². The van der Waals surface area contributed by atoms with E-state index in [1.165, 1.54) is 6.42 Å². The van der Waals surface area contributed by atoms with E-state index in [9.17, 15) is 9.90 Å². The smallest absolute Gasteiger partial charge is 0.225 e. The van der Waals surface area contributed by atoms with Crippen LogP contribution in [0.2, 0.25) is 0 Å². The summed E-state index contributed by atoms with van der Waals surface area (Å²) in [6.45, 7) is 7.16. The zero-order chi connectivity index (χ0) is 14.0. The van der Waals surface area contributed by atoms with Gasteiger partial charge in [0.25, 0.3) is 0 Å². The van der Waals surface area contributed by atoms with Crippen LogP contribution >= 0.6 is 0 Å². The van der Waals surface area contributed by atoms with Gasteiger partial charge >= 0.3 is 0 Å². The van der Waals surface area contributed by atoms with E-state index in [4.69, 9.17) is 0 Å². The Labute approximate surface area is 117 Å². The van der Waals surface area contributed by atoms with Gasteiger partial charge in [-0.25, -0.2) is 0 Å². The Morgan fingerprint density at radius 1 is 1.11 bits per heavy atom. The van der Waals surface area contributed by atoms with Crippen molar-refractivity contribution in [2.75, 3.05) is 6.54 Å². The molecule has 0 aromatic carbocycles. The number of rotatable bonds is 3. The molecule has 3 heteroatoms. The maximum absolute atomic E-state index is 12.6. The highest BCUT2D eigenvalue weighted by molar-refractivity contribution is 5.79. The van der Waals surface area contributed by atoms with Crippen LogP contribution in [-0.4, -0.2) is 34.6 Å². The molecular formula is C16H29NO2. The van der Waals surface area contributed by atoms with Crippen LogP contribution in [-0.2, 0) is 4.79 Å². The van der Waals surface area contributed by atoms with Crippen LogP contribution in [0, 0.1) is 17.8 Å². The first-order chi connectivity index (χ1) is 9.02. The number of aliphatic hydroxyl groups excluding tert-OH is 1. The van der Waals surface area contributed by atoms with Gasteiger partial charge in [-0.1, -0.05) is 33.6 Å². The molecule has 0 aromatic rings. The van der Waals surface area contributed by atoms with Crippen LogP contribution in [0.15, 0.2) is 0 Å². The fourth-order valence-corrected chi connectivity index (χ4v) is 3.65. The van der Waals surface area contributed by atoms with E-state index in [1.807, 2.05) is 6.92 Å². The molecule has 1 aliphatic heterocycles. The van der Waals surface area contributed by atoms with Crippen molar-refractivity contribution in [2.45, 2.75) is 71.4 Å². The van der Waals surface area contributed by atoms with Crippen LogP contribution in [0.5, 0.6) is 0 Å². The third-order valence-electron chi connectivity index (χ3n) is 5.25. The summed E-state index contributed by atoms with van der Waals surface area (Å²) in [5.74, 6) is 1.11. The van der Waals surface area contributed by atoms with Crippen molar-refractivity contribution in [3.8, 4) is 0 Å². The molecule has 1 saturated heterocycles. The molecule has 1 saturated carbocycles. The largest absolute Gasteiger partial charge is 0.393 e. The second-order valence-electron chi connectivity index (χ2n) is 6.79. The molecule has 1 N–H and O–H groups in total. The Morgan fingerprint density at radius 2 is 1.79 bits per heavy atom. The van der Waals surface area contributed by atoms with E-state index in [0.717, 1.165) is 38.6 Å². The van der Waals surface area contributed by atoms with E-state index < -0.39 is 0 Å². The van der Waals surface area contributed by atoms with Crippen LogP contribution < -0.4 is 0 Å². The standard InChI is InChI=1S/C16H29NO2/c1-11(2)12(3)16(19)17-10-6-8-14(17)13-7-4-5-9-15(13)18/h11-15,18H,4-10H2,1-3H3. The minimum Gasteiger partial charge on any atom is -0.393 e. The average molecular weight is 267 g/mol. The Bertz CT molecular complexity index is 316. The summed E-state index contributed by atoms with van der Waals surface area (Å²) in [5.41, 5.74) is 0. The molecule has 1 amide bonds. The molecule has 110 valence electrons. The summed E-state index contributed by atoms with van der Waals surface area (Å²) in [4.78, 5) is 14.7. The van der Waals surface area contributed by atoms with Crippen LogP contribution in [0.3, 0.4) is 0 Å². The molecule has 0 spiro atoms. The van der Waals surface area contributed by atoms with Crippen molar-refractivity contribution in [1.29, 1.82) is 0 Å². The number of aliphatic hydroxyl groups is 1. The number of likely N-dealkylation sites (tertiary alicyclic amines) is 1. The minimum absolute atomic E-state index is 0.0985. The molecule has 4 atom stereocenters. The number of hydrogen-bond donors (Lipinski definition) is 1. The summed E-state index contributed by atoms with van der Waals surface area (Å²) in [6, 6.07) is 0.295. The van der Waals surface area contributed by atoms with Gasteiger partial charge in [-0.3, -0.25) is 4.79 Å². The summed E-state index contributed by atoms with van der Waals surface area (Å²) < 4.78 is 0. The predicted molar refractivity (Wildman–Crippen MR) is 76.7 cm³/mol. The molecule has 0 bridgehead atoms. The van der Waals surface area contributed by atoms with Crippen LogP contribution in [0.1, 0.15) is 59.3 Å². The first kappa shape index (κ1) is 14.8. The van der Waals surface area contributed by atoms with E-state index >= 15 is 0 Å². The highest BCUT2D eigenvalue weighted by atomic mass is 16.3. The first-order valence-electron chi connectivity index (χ1n) is 8.01. The SMILES string of the molecule is CC(C)C(C)C(=O)N1CCCC1C1CCCCC1O. The first-order valence-corrected chi connectivity index (χ1v) is 8.01. The van der Waals surface area contributed by atoms with Crippen molar-refractivity contribution < 1.29 is 9.90 Å². The number of carbonyl (C=O) groups excluding carboxylic acids is 1. The lowest BCUT2D eigenvalue weighted by molar-refractivity contribution is -0.139. The van der Waals surface area contributed by atoms with E-state index in [-0.39, 0.29) is 12.0 Å². The number of amides is 1. The van der Waals surface area contributed by atoms with Crippen molar-refractivity contribution in [3.05, 3.63) is 0 Å². The fourth-order valence-electron chi connectivity index (χ4n) is 3.65. The highest BCUT2D eigenvalue weighted by Gasteiger charge is 2.40. The molecule has 1 heterocycles. The Kier molecular flexibility index (Phi) is 4.88. The average Bonchev–Trinajstić information content (AvgIpc) is 2.86. The van der Waals surface area contributed by atoms with Gasteiger partial charge in [0.05, 0.1) is 6.10 Å². The van der Waals surface area contributed by atoms with Gasteiger partial charge in [-0.2, -0.15) is 0 Å². The Hall–Kier alpha value is -0.570. The van der Waals surface area contributed by atoms with Gasteiger partial charge in [-0.15, -0.1) is 0 Å². The highest BCUT2D eigenvalue weighted by Crippen LogP contribution is 2.35. The monoisotopic (exact) mass is 267 g/mol. The summed E-state index contributed by atoms with van der Waals surface area (Å²) in [6.07, 6.45) is 6.35. The summed E-state index contributed by atoms with van der Waals surface area (Å²) >= 11 is 0. The second-order valence-corrected chi connectivity index (χ2v) is 6.79. The topological polar surface area (TPSA) is 40.5 Å². The molecule has 2 aliphatic rings. The zero-order valence-corrected chi connectivity index (χ0v) is 12.6. The molecule has 0 radical (unpaired) electrons. The zero-order valence-electron chi connectivity index (χ0n) is 12.6. The quantitative estimate of drug-likeness (QED) is 0.854. The predicted octanol–water partition coefficient (Wildman–Crippen LogP) is 2.82. The third kappa shape index (κ3) is 3.13. The molecule has 19 heavy (non-hydrogen) atoms. The van der Waals surface area contributed by atoms with Crippen molar-refractivity contribution >= 4 is 5.91 Å². The summed E-state index contributed by atoms with van der Waals surface area (Å²) in [7, 11) is 0. The molecule has 0 aromatic heterocycles. The van der Waals surface area contributed by atoms with Gasteiger partial charge in [0.15, 0.2) is 0 Å². The maximum atomic E-state index is 12.6. The maximum Gasteiger partial charge on any atom is 0.225 e. The molecule has 3 nitrogen and oxygen atoms in total. The van der Waals surface area contributed by atoms with E-state index in [1.54, 1.807) is 0 Å². The number of hydrogen-bond acceptors (Lipinski definition) is 2. The molecule has 4 unspecified atom stereocenters. The van der Waals surface area contributed by atoms with Gasteiger partial charge in [0.2, 0.25) is 5.91 Å². The van der Waals surface area contributed by atoms with Gasteiger partial charge in [0.1, 0.15) is 0 Å². The van der Waals surface area contributed by atoms with Crippen molar-refractivity contribution in [3.63, 3.8) is 0 Å². The third-order valence-corrected chi connectivity index (χ3v) is 5.25. The second kappa shape index (κ2) is 6.25. The minimum atomic E-state index is -0.193. The van der Waals surface area contributed by atoms with E-state index in [0.29, 0.717) is 23.8 Å². The molecule has 2 fully saturated rings. The lowest BCUT2D eigenvalue weighted by atomic mass is 9.80. The normalized spacial score (nSPS) is 33.7. The summed E-state index contributed by atoms with van der Waals surface area (Å²) in [5, 5.41) is 10.2. The Morgan fingerprint density at radius 3 is 2.42 bits per heavy atom. The fraction of sp³-hybridized carbons (Fsp3) is 0.938. The molecule has 1 aliphatic carbocycles. The van der Waals surface area contributed by atoms with Crippen LogP contribution in [0.4, 0.5) is 0 Å².